The first-order valence-corrected chi connectivity index (χ1v) is 5.75. The maximum Gasteiger partial charge on any atom is 0.221 e. The summed E-state index contributed by atoms with van der Waals surface area (Å²) in [4.78, 5) is 10.8. The van der Waals surface area contributed by atoms with Crippen molar-refractivity contribution in [3.8, 4) is 11.5 Å². The predicted molar refractivity (Wildman–Crippen MR) is 70.6 cm³/mol. The van der Waals surface area contributed by atoms with Gasteiger partial charge >= 0.3 is 0 Å². The minimum absolute atomic E-state index is 0.255. The summed E-state index contributed by atoms with van der Waals surface area (Å²) >= 11 is 0. The molecule has 1 amide bonds. The van der Waals surface area contributed by atoms with Crippen LogP contribution in [0.15, 0.2) is 48.5 Å². The highest BCUT2D eigenvalue weighted by Gasteiger charge is 2.00. The molecule has 3 nitrogen and oxygen atoms in total. The molecule has 0 spiro atoms. The maximum absolute atomic E-state index is 10.8. The maximum atomic E-state index is 10.8. The topological polar surface area (TPSA) is 52.3 Å². The zero-order chi connectivity index (χ0) is 13.0. The average molecular weight is 241 g/mol. The number of nitrogens with two attached hydrogens (primary N) is 1. The van der Waals surface area contributed by atoms with Crippen molar-refractivity contribution in [1.82, 2.24) is 0 Å². The molecule has 0 fully saturated rings. The molecule has 0 aliphatic carbocycles. The van der Waals surface area contributed by atoms with Crippen molar-refractivity contribution in [1.29, 1.82) is 0 Å². The van der Waals surface area contributed by atoms with Gasteiger partial charge in [-0.2, -0.15) is 0 Å². The highest BCUT2D eigenvalue weighted by atomic mass is 16.5. The Bertz CT molecular complexity index is 529. The zero-order valence-corrected chi connectivity index (χ0v) is 10.2. The number of aryl methyl sites for hydroxylation is 1. The molecule has 2 aromatic rings. The van der Waals surface area contributed by atoms with E-state index in [1.807, 2.05) is 55.5 Å². The van der Waals surface area contributed by atoms with E-state index >= 15 is 0 Å². The molecule has 92 valence electrons. The number of benzene rings is 2. The first kappa shape index (κ1) is 12.2. The lowest BCUT2D eigenvalue weighted by Gasteiger charge is -2.06. The second-order valence-corrected chi connectivity index (χ2v) is 4.20. The molecule has 0 saturated heterocycles. The van der Waals surface area contributed by atoms with Crippen LogP contribution in [-0.2, 0) is 11.2 Å². The van der Waals surface area contributed by atoms with E-state index < -0.39 is 0 Å². The number of carbonyl (C=O) groups is 1. The van der Waals surface area contributed by atoms with Gasteiger partial charge in [0.15, 0.2) is 0 Å². The summed E-state index contributed by atoms with van der Waals surface area (Å²) in [5.74, 6) is 1.21. The first-order valence-electron chi connectivity index (χ1n) is 5.75. The van der Waals surface area contributed by atoms with Gasteiger partial charge in [-0.05, 0) is 36.8 Å². The van der Waals surface area contributed by atoms with Gasteiger partial charge in [0.25, 0.3) is 0 Å². The fraction of sp³-hybridized carbons (Fsp3) is 0.133. The van der Waals surface area contributed by atoms with E-state index in [1.165, 1.54) is 5.56 Å². The molecular formula is C15H15NO2. The van der Waals surface area contributed by atoms with Crippen LogP contribution in [0.1, 0.15) is 11.1 Å². The molecule has 0 atom stereocenters. The lowest BCUT2D eigenvalue weighted by atomic mass is 10.1. The number of rotatable bonds is 4. The van der Waals surface area contributed by atoms with E-state index in [-0.39, 0.29) is 12.3 Å². The molecule has 0 bridgehead atoms. The van der Waals surface area contributed by atoms with Crippen LogP contribution < -0.4 is 10.5 Å². The van der Waals surface area contributed by atoms with E-state index in [1.54, 1.807) is 0 Å². The third-order valence-electron chi connectivity index (χ3n) is 2.56. The number of hydrogen-bond donors (Lipinski definition) is 1. The third kappa shape index (κ3) is 3.35. The SMILES string of the molecule is Cc1ccc(Oc2ccc(CC(N)=O)cc2)cc1. The standard InChI is InChI=1S/C15H15NO2/c1-11-2-6-13(7-3-11)18-14-8-4-12(5-9-14)10-15(16)17/h2-9H,10H2,1H3,(H2,16,17). The van der Waals surface area contributed by atoms with Gasteiger partial charge in [-0.25, -0.2) is 0 Å². The zero-order valence-electron chi connectivity index (χ0n) is 10.2. The summed E-state index contributed by atoms with van der Waals surface area (Å²) in [6, 6.07) is 15.2. The van der Waals surface area contributed by atoms with Crippen LogP contribution in [0.5, 0.6) is 11.5 Å². The minimum atomic E-state index is -0.331. The molecule has 0 aliphatic heterocycles. The van der Waals surface area contributed by atoms with Crippen LogP contribution in [0.4, 0.5) is 0 Å². The van der Waals surface area contributed by atoms with Gasteiger partial charge in [0, 0.05) is 0 Å². The van der Waals surface area contributed by atoms with Crippen molar-refractivity contribution in [3.63, 3.8) is 0 Å². The smallest absolute Gasteiger partial charge is 0.221 e. The summed E-state index contributed by atoms with van der Waals surface area (Å²) in [7, 11) is 0. The van der Waals surface area contributed by atoms with E-state index in [4.69, 9.17) is 10.5 Å². The quantitative estimate of drug-likeness (QED) is 0.894. The van der Waals surface area contributed by atoms with Gasteiger partial charge in [0.2, 0.25) is 5.91 Å². The lowest BCUT2D eigenvalue weighted by molar-refractivity contribution is -0.117. The summed E-state index contributed by atoms with van der Waals surface area (Å²) < 4.78 is 5.68. The monoisotopic (exact) mass is 241 g/mol. The van der Waals surface area contributed by atoms with Crippen LogP contribution in [0, 0.1) is 6.92 Å². The molecule has 3 heteroatoms. The molecule has 2 rings (SSSR count). The summed E-state index contributed by atoms with van der Waals surface area (Å²) in [6.45, 7) is 2.03. The Labute approximate surface area is 106 Å². The van der Waals surface area contributed by atoms with E-state index in [2.05, 4.69) is 0 Å². The molecular weight excluding hydrogens is 226 g/mol. The molecule has 0 aliphatic rings. The Balaban J connectivity index is 2.06. The van der Waals surface area contributed by atoms with Gasteiger partial charge in [0.1, 0.15) is 11.5 Å². The molecule has 18 heavy (non-hydrogen) atoms. The molecule has 0 saturated carbocycles. The van der Waals surface area contributed by atoms with Gasteiger partial charge in [-0.1, -0.05) is 29.8 Å². The number of ether oxygens (including phenoxy) is 1. The van der Waals surface area contributed by atoms with Crippen molar-refractivity contribution in [2.45, 2.75) is 13.3 Å². The Morgan fingerprint density at radius 2 is 1.50 bits per heavy atom. The van der Waals surface area contributed by atoms with Crippen LogP contribution in [0.2, 0.25) is 0 Å². The summed E-state index contributed by atoms with van der Waals surface area (Å²) in [5.41, 5.74) is 7.21. The molecule has 2 aromatic carbocycles. The average Bonchev–Trinajstić information content (AvgIpc) is 2.34. The van der Waals surface area contributed by atoms with Crippen molar-refractivity contribution >= 4 is 5.91 Å². The summed E-state index contributed by atoms with van der Waals surface area (Å²) in [6.07, 6.45) is 0.255. The van der Waals surface area contributed by atoms with Crippen molar-refractivity contribution in [3.05, 3.63) is 59.7 Å². The highest BCUT2D eigenvalue weighted by Crippen LogP contribution is 2.21. The van der Waals surface area contributed by atoms with E-state index in [0.29, 0.717) is 0 Å². The second-order valence-electron chi connectivity index (χ2n) is 4.20. The second kappa shape index (κ2) is 5.36. The van der Waals surface area contributed by atoms with E-state index in [0.717, 1.165) is 17.1 Å². The van der Waals surface area contributed by atoms with Gasteiger partial charge in [-0.3, -0.25) is 4.79 Å². The van der Waals surface area contributed by atoms with Crippen molar-refractivity contribution in [2.24, 2.45) is 5.73 Å². The first-order chi connectivity index (χ1) is 8.63. The van der Waals surface area contributed by atoms with Gasteiger partial charge in [-0.15, -0.1) is 0 Å². The third-order valence-corrected chi connectivity index (χ3v) is 2.56. The van der Waals surface area contributed by atoms with Crippen LogP contribution in [0.3, 0.4) is 0 Å². The van der Waals surface area contributed by atoms with Gasteiger partial charge < -0.3 is 10.5 Å². The van der Waals surface area contributed by atoms with Crippen molar-refractivity contribution < 1.29 is 9.53 Å². The van der Waals surface area contributed by atoms with Crippen LogP contribution >= 0.6 is 0 Å². The predicted octanol–water partition coefficient (Wildman–Crippen LogP) is 2.82. The minimum Gasteiger partial charge on any atom is -0.457 e. The number of amides is 1. The fourth-order valence-corrected chi connectivity index (χ4v) is 1.62. The summed E-state index contributed by atoms with van der Waals surface area (Å²) in [5, 5.41) is 0. The van der Waals surface area contributed by atoms with E-state index in [9.17, 15) is 4.79 Å². The Kier molecular flexibility index (Phi) is 3.63. The van der Waals surface area contributed by atoms with Crippen LogP contribution in [0.25, 0.3) is 0 Å². The number of primary amides is 1. The molecule has 0 unspecified atom stereocenters. The highest BCUT2D eigenvalue weighted by molar-refractivity contribution is 5.76. The molecule has 0 radical (unpaired) electrons. The molecule has 0 aromatic heterocycles. The number of hydrogen-bond acceptors (Lipinski definition) is 2. The van der Waals surface area contributed by atoms with Crippen molar-refractivity contribution in [2.75, 3.05) is 0 Å². The Morgan fingerprint density at radius 3 is 2.00 bits per heavy atom. The normalized spacial score (nSPS) is 10.1. The fourth-order valence-electron chi connectivity index (χ4n) is 1.62. The van der Waals surface area contributed by atoms with Gasteiger partial charge in [0.05, 0.1) is 6.42 Å². The molecule has 0 heterocycles. The lowest BCUT2D eigenvalue weighted by Crippen LogP contribution is -2.13. The Hall–Kier alpha value is -2.29. The largest absolute Gasteiger partial charge is 0.457 e. The number of carbonyl (C=O) groups excluding carboxylic acids is 1. The van der Waals surface area contributed by atoms with Crippen LogP contribution in [-0.4, -0.2) is 5.91 Å². The molecule has 2 N–H and O–H groups in total. The Morgan fingerprint density at radius 1 is 1.00 bits per heavy atom.